The number of primary amides is 1. The van der Waals surface area contributed by atoms with E-state index < -0.39 is 47.8 Å². The van der Waals surface area contributed by atoms with Gasteiger partial charge < -0.3 is 69.5 Å². The predicted molar refractivity (Wildman–Crippen MR) is 307 cm³/mol. The Hall–Kier alpha value is -7.56. The molecule has 0 saturated carbocycles. The molecular formula is C59H82N10O11. The zero-order valence-corrected chi connectivity index (χ0v) is 46.7. The Kier molecular flexibility index (Phi) is 27.4. The second kappa shape index (κ2) is 33.8. The van der Waals surface area contributed by atoms with E-state index in [9.17, 15) is 38.4 Å². The van der Waals surface area contributed by atoms with E-state index in [-0.39, 0.29) is 101 Å². The third-order valence-corrected chi connectivity index (χ3v) is 13.7. The van der Waals surface area contributed by atoms with E-state index >= 15 is 0 Å². The zero-order valence-electron chi connectivity index (χ0n) is 46.7. The highest BCUT2D eigenvalue weighted by Crippen LogP contribution is 2.26. The van der Waals surface area contributed by atoms with E-state index in [0.717, 1.165) is 6.42 Å². The maximum absolute atomic E-state index is 14.3. The number of unbranched alkanes of at least 4 members (excludes halogenated alkanes) is 4. The molecule has 5 amide bonds. The highest BCUT2D eigenvalue weighted by Gasteiger charge is 2.29. The first-order valence-corrected chi connectivity index (χ1v) is 27.2. The number of nitrogens with one attached hydrogen (secondary N) is 3. The minimum absolute atomic E-state index is 0.0620. The van der Waals surface area contributed by atoms with Gasteiger partial charge in [0.25, 0.3) is 23.6 Å². The normalized spacial score (nSPS) is 12.5. The van der Waals surface area contributed by atoms with Crippen molar-refractivity contribution in [1.82, 2.24) is 16.0 Å². The number of hydrogen-bond donors (Lipinski definition) is 9. The number of anilines is 1. The minimum Gasteiger partial charge on any atom is -0.496 e. The largest absolute Gasteiger partial charge is 0.496 e. The van der Waals surface area contributed by atoms with Crippen molar-refractivity contribution in [3.05, 3.63) is 118 Å². The number of nitrogens with two attached hydrogens (primary N) is 6. The third kappa shape index (κ3) is 19.7. The lowest BCUT2D eigenvalue weighted by Gasteiger charge is -2.22. The summed E-state index contributed by atoms with van der Waals surface area (Å²) in [7, 11) is 5.76. The van der Waals surface area contributed by atoms with Crippen LogP contribution in [0.5, 0.6) is 17.2 Å². The van der Waals surface area contributed by atoms with Gasteiger partial charge in [-0.2, -0.15) is 0 Å². The number of ether oxygens (including phenoxy) is 3. The van der Waals surface area contributed by atoms with Crippen LogP contribution in [0, 0.1) is 0 Å². The first-order valence-electron chi connectivity index (χ1n) is 27.2. The summed E-state index contributed by atoms with van der Waals surface area (Å²) in [5.74, 6) is -3.23. The third-order valence-electron chi connectivity index (χ3n) is 13.7. The van der Waals surface area contributed by atoms with Crippen molar-refractivity contribution >= 4 is 52.6 Å². The van der Waals surface area contributed by atoms with E-state index in [4.69, 9.17) is 48.6 Å². The van der Waals surface area contributed by atoms with Gasteiger partial charge in [-0.1, -0.05) is 30.7 Å². The summed E-state index contributed by atoms with van der Waals surface area (Å²) in [6.07, 6.45) is 5.54. The molecule has 0 aromatic heterocycles. The zero-order chi connectivity index (χ0) is 58.7. The summed E-state index contributed by atoms with van der Waals surface area (Å²) in [5.41, 5.74) is 37.0. The van der Waals surface area contributed by atoms with Crippen molar-refractivity contribution in [2.24, 2.45) is 34.4 Å². The molecule has 0 heterocycles. The number of benzene rings is 4. The summed E-state index contributed by atoms with van der Waals surface area (Å²) in [4.78, 5) is 111. The molecule has 0 fully saturated rings. The molecule has 0 radical (unpaired) electrons. The smallest absolute Gasteiger partial charge is 0.255 e. The number of likely N-dealkylation sites (N-methyl/N-ethyl adjacent to an activating group) is 1. The average Bonchev–Trinajstić information content (AvgIpc) is 3.46. The maximum Gasteiger partial charge on any atom is 0.255 e. The molecule has 0 unspecified atom stereocenters. The highest BCUT2D eigenvalue weighted by molar-refractivity contribution is 6.04. The number of amides is 5. The molecule has 0 bridgehead atoms. The number of Topliss-reactive ketones (excluding diaryl/α,β-unsaturated/α-hetero) is 3. The molecule has 15 N–H and O–H groups in total. The molecule has 4 aromatic rings. The average molecular weight is 1110 g/mol. The van der Waals surface area contributed by atoms with E-state index in [1.807, 2.05) is 0 Å². The molecule has 4 atom stereocenters. The Morgan fingerprint density at radius 1 is 0.475 bits per heavy atom. The van der Waals surface area contributed by atoms with Crippen molar-refractivity contribution in [3.63, 3.8) is 0 Å². The SMILES string of the molecule is COc1ccc(CC(=O)[C@H](CCCCN)NC(=O)c2cc(CC(=O)[C@H](CCCCN)NC(=O)c3cc(CC(=O)[C@H](CCCCN)NC(=O)c4cccc(N(C)C(=O)[C@@H](N)CCCCN)c4)ccc3OC)ccc2OC)cc1C(N)=O. The van der Waals surface area contributed by atoms with Crippen molar-refractivity contribution in [1.29, 1.82) is 0 Å². The number of carbonyl (C=O) groups is 8. The molecule has 21 nitrogen and oxygen atoms in total. The second-order valence-corrected chi connectivity index (χ2v) is 19.7. The number of nitrogens with zero attached hydrogens (tertiary/aromatic N) is 1. The van der Waals surface area contributed by atoms with Gasteiger partial charge in [-0.25, -0.2) is 0 Å². The van der Waals surface area contributed by atoms with Gasteiger partial charge in [0, 0.05) is 37.6 Å². The lowest BCUT2D eigenvalue weighted by molar-refractivity contribution is -0.121. The van der Waals surface area contributed by atoms with Gasteiger partial charge in [0.2, 0.25) is 5.91 Å². The molecule has 0 aliphatic heterocycles. The van der Waals surface area contributed by atoms with Crippen molar-refractivity contribution in [2.45, 2.75) is 120 Å². The quantitative estimate of drug-likeness (QED) is 0.0292. The van der Waals surface area contributed by atoms with Crippen LogP contribution in [0.1, 0.15) is 135 Å². The Morgan fingerprint density at radius 3 is 1.21 bits per heavy atom. The predicted octanol–water partition coefficient (Wildman–Crippen LogP) is 3.35. The fourth-order valence-corrected chi connectivity index (χ4v) is 9.11. The second-order valence-electron chi connectivity index (χ2n) is 19.7. The summed E-state index contributed by atoms with van der Waals surface area (Å²) < 4.78 is 16.4. The van der Waals surface area contributed by atoms with Crippen LogP contribution < -0.4 is 69.5 Å². The monoisotopic (exact) mass is 1110 g/mol. The van der Waals surface area contributed by atoms with Crippen LogP contribution in [0.15, 0.2) is 78.9 Å². The lowest BCUT2D eigenvalue weighted by Crippen LogP contribution is -2.43. The van der Waals surface area contributed by atoms with Crippen LogP contribution in [0.4, 0.5) is 5.69 Å². The van der Waals surface area contributed by atoms with E-state index in [0.29, 0.717) is 99.9 Å². The Balaban J connectivity index is 1.53. The summed E-state index contributed by atoms with van der Waals surface area (Å²) >= 11 is 0. The van der Waals surface area contributed by atoms with Gasteiger partial charge in [-0.05, 0) is 168 Å². The molecule has 4 aromatic carbocycles. The van der Waals surface area contributed by atoms with Gasteiger partial charge in [-0.15, -0.1) is 0 Å². The molecule has 80 heavy (non-hydrogen) atoms. The van der Waals surface area contributed by atoms with E-state index in [2.05, 4.69) is 16.0 Å². The molecule has 0 spiro atoms. The topological polar surface area (TPSA) is 360 Å². The number of carbonyl (C=O) groups excluding carboxylic acids is 8. The lowest BCUT2D eigenvalue weighted by atomic mass is 9.95. The fraction of sp³-hybridized carbons (Fsp3) is 0.458. The summed E-state index contributed by atoms with van der Waals surface area (Å²) in [6.45, 7) is 1.61. The molecule has 0 aliphatic rings. The van der Waals surface area contributed by atoms with Gasteiger partial charge in [0.05, 0.1) is 62.2 Å². The van der Waals surface area contributed by atoms with Crippen molar-refractivity contribution < 1.29 is 52.6 Å². The first kappa shape index (κ1) is 65.0. The van der Waals surface area contributed by atoms with Crippen LogP contribution >= 0.6 is 0 Å². The highest BCUT2D eigenvalue weighted by atomic mass is 16.5. The number of rotatable bonds is 37. The molecule has 0 aliphatic carbocycles. The fourth-order valence-electron chi connectivity index (χ4n) is 9.11. The van der Waals surface area contributed by atoms with Gasteiger partial charge >= 0.3 is 0 Å². The standard InChI is InChI=1S/C59H82N10O11/c1-69(59(77)45(64)16-5-9-26-60)41-15-13-14-40(36-41)56(74)66-46(17-6-10-27-61)49(70)34-38-21-24-53(79-3)43(31-38)58(76)68-48(19-8-12-29-63)51(72)35-39-22-25-54(80-4)44(32-39)57(75)67-47(18-7-11-28-62)50(71)33-37-20-23-52(78-2)42(30-37)55(65)73/h13-15,20-25,30-32,36,45-48H,5-12,16-19,26-29,33-35,60-64H2,1-4H3,(H2,65,73)(H,66,74)(H,67,75)(H,68,76)/t45-,46-,47-,48-/m0/s1. The van der Waals surface area contributed by atoms with Crippen LogP contribution in [-0.2, 0) is 38.4 Å². The van der Waals surface area contributed by atoms with Crippen molar-refractivity contribution in [3.8, 4) is 17.2 Å². The molecule has 21 heteroatoms. The Morgan fingerprint density at radius 2 is 0.838 bits per heavy atom. The minimum atomic E-state index is -1.02. The first-order chi connectivity index (χ1) is 38.4. The summed E-state index contributed by atoms with van der Waals surface area (Å²) in [5, 5.41) is 8.61. The number of hydrogen-bond acceptors (Lipinski definition) is 16. The molecule has 0 saturated heterocycles. The number of ketones is 3. The Bertz CT molecular complexity index is 2750. The van der Waals surface area contributed by atoms with Gasteiger partial charge in [0.1, 0.15) is 17.2 Å². The van der Waals surface area contributed by atoms with Crippen LogP contribution in [-0.4, -0.2) is 126 Å². The van der Waals surface area contributed by atoms with E-state index in [1.165, 1.54) is 44.4 Å². The molecular weight excluding hydrogens is 1020 g/mol. The molecule has 4 rings (SSSR count). The van der Waals surface area contributed by atoms with E-state index in [1.54, 1.807) is 67.7 Å². The Labute approximate surface area is 468 Å². The van der Waals surface area contributed by atoms with Gasteiger partial charge in [0.15, 0.2) is 17.3 Å². The number of methoxy groups -OCH3 is 3. The van der Waals surface area contributed by atoms with Gasteiger partial charge in [-0.3, -0.25) is 38.4 Å². The van der Waals surface area contributed by atoms with Crippen LogP contribution in [0.2, 0.25) is 0 Å². The van der Waals surface area contributed by atoms with Crippen LogP contribution in [0.3, 0.4) is 0 Å². The molecule has 434 valence electrons. The van der Waals surface area contributed by atoms with Crippen molar-refractivity contribution in [2.75, 3.05) is 59.5 Å². The van der Waals surface area contributed by atoms with Crippen LogP contribution in [0.25, 0.3) is 0 Å². The maximum atomic E-state index is 14.3. The summed E-state index contributed by atoms with van der Waals surface area (Å²) in [6, 6.07) is 16.9.